The molecule has 0 bridgehead atoms. The van der Waals surface area contributed by atoms with Gasteiger partial charge in [0.15, 0.2) is 0 Å². The average molecular weight is 467 g/mol. The molecule has 31 heavy (non-hydrogen) atoms. The molecular weight excluding hydrogens is 440 g/mol. The van der Waals surface area contributed by atoms with Crippen molar-refractivity contribution in [3.05, 3.63) is 52.5 Å². The molecule has 0 aliphatic carbocycles. The molecule has 168 valence electrons. The van der Waals surface area contributed by atoms with Crippen LogP contribution in [0.1, 0.15) is 15.9 Å². The highest BCUT2D eigenvalue weighted by Crippen LogP contribution is 2.31. The monoisotopic (exact) mass is 466 g/mol. The number of amides is 1. The molecule has 0 unspecified atom stereocenters. The zero-order valence-electron chi connectivity index (χ0n) is 17.6. The van der Waals surface area contributed by atoms with E-state index in [-0.39, 0.29) is 10.8 Å². The number of halogens is 1. The Morgan fingerprint density at radius 3 is 2.61 bits per heavy atom. The topological polar surface area (TPSA) is 99.8 Å². The Labute approximate surface area is 188 Å². The number of carbonyl (C=O) groups is 1. The second-order valence-electron chi connectivity index (χ2n) is 7.23. The largest absolute Gasteiger partial charge is 0.383 e. The number of aryl methyl sites for hydroxylation is 1. The van der Waals surface area contributed by atoms with Gasteiger partial charge in [-0.25, -0.2) is 8.42 Å². The molecule has 0 spiro atoms. The number of sulfonamides is 1. The average Bonchev–Trinajstić information content (AvgIpc) is 2.76. The highest BCUT2D eigenvalue weighted by atomic mass is 35.5. The SMILES string of the molecule is COCCNC(=O)c1ccc(N2CCNCC2)c(NS(=O)(=O)c2ccc(C)c(Cl)c2)c1. The van der Waals surface area contributed by atoms with E-state index in [1.807, 2.05) is 0 Å². The van der Waals surface area contributed by atoms with Gasteiger partial charge < -0.3 is 20.3 Å². The van der Waals surface area contributed by atoms with Crippen molar-refractivity contribution >= 4 is 38.9 Å². The quantitative estimate of drug-likeness (QED) is 0.516. The van der Waals surface area contributed by atoms with Gasteiger partial charge in [0.25, 0.3) is 15.9 Å². The van der Waals surface area contributed by atoms with Crippen molar-refractivity contribution in [2.75, 3.05) is 56.1 Å². The van der Waals surface area contributed by atoms with Gasteiger partial charge in [0.1, 0.15) is 0 Å². The fourth-order valence-corrected chi connectivity index (χ4v) is 4.59. The van der Waals surface area contributed by atoms with E-state index in [0.717, 1.165) is 37.4 Å². The number of methoxy groups -OCH3 is 1. The number of rotatable bonds is 8. The van der Waals surface area contributed by atoms with Gasteiger partial charge in [-0.3, -0.25) is 9.52 Å². The van der Waals surface area contributed by atoms with Gasteiger partial charge in [0.05, 0.1) is 22.9 Å². The van der Waals surface area contributed by atoms with Crippen molar-refractivity contribution in [2.24, 2.45) is 0 Å². The Balaban J connectivity index is 1.94. The van der Waals surface area contributed by atoms with Crippen LogP contribution >= 0.6 is 11.6 Å². The molecule has 10 heteroatoms. The van der Waals surface area contributed by atoms with Crippen LogP contribution in [0.2, 0.25) is 5.02 Å². The molecular formula is C21H27ClN4O4S. The zero-order valence-corrected chi connectivity index (χ0v) is 19.1. The lowest BCUT2D eigenvalue weighted by Crippen LogP contribution is -2.43. The lowest BCUT2D eigenvalue weighted by molar-refractivity contribution is 0.0937. The van der Waals surface area contributed by atoms with Crippen molar-refractivity contribution in [3.63, 3.8) is 0 Å². The van der Waals surface area contributed by atoms with Crippen molar-refractivity contribution in [1.82, 2.24) is 10.6 Å². The Morgan fingerprint density at radius 2 is 1.94 bits per heavy atom. The van der Waals surface area contributed by atoms with Gasteiger partial charge in [-0.2, -0.15) is 0 Å². The summed E-state index contributed by atoms with van der Waals surface area (Å²) in [6, 6.07) is 9.62. The van der Waals surface area contributed by atoms with Crippen LogP contribution in [0.5, 0.6) is 0 Å². The van der Waals surface area contributed by atoms with Crippen LogP contribution in [-0.4, -0.2) is 60.8 Å². The minimum Gasteiger partial charge on any atom is -0.383 e. The van der Waals surface area contributed by atoms with Gasteiger partial charge in [-0.05, 0) is 42.8 Å². The van der Waals surface area contributed by atoms with Gasteiger partial charge in [0, 0.05) is 50.4 Å². The maximum atomic E-state index is 13.1. The fraction of sp³-hybridized carbons (Fsp3) is 0.381. The Bertz CT molecular complexity index is 1040. The van der Waals surface area contributed by atoms with Gasteiger partial charge in [-0.1, -0.05) is 17.7 Å². The number of ether oxygens (including phenoxy) is 1. The molecule has 0 atom stereocenters. The molecule has 1 heterocycles. The van der Waals surface area contributed by atoms with Crippen LogP contribution in [0.15, 0.2) is 41.3 Å². The lowest BCUT2D eigenvalue weighted by atomic mass is 10.1. The van der Waals surface area contributed by atoms with Crippen LogP contribution in [0.4, 0.5) is 11.4 Å². The third kappa shape index (κ3) is 5.88. The Morgan fingerprint density at radius 1 is 1.19 bits per heavy atom. The molecule has 3 rings (SSSR count). The number of nitrogens with zero attached hydrogens (tertiary/aromatic N) is 1. The van der Waals surface area contributed by atoms with Crippen LogP contribution < -0.4 is 20.3 Å². The molecule has 0 radical (unpaired) electrons. The number of carbonyl (C=O) groups excluding carboxylic acids is 1. The third-order valence-electron chi connectivity index (χ3n) is 5.01. The van der Waals surface area contributed by atoms with E-state index in [4.69, 9.17) is 16.3 Å². The first kappa shape index (κ1) is 23.3. The molecule has 2 aromatic rings. The minimum atomic E-state index is -3.91. The van der Waals surface area contributed by atoms with Crippen molar-refractivity contribution in [3.8, 4) is 0 Å². The van der Waals surface area contributed by atoms with Crippen molar-refractivity contribution in [1.29, 1.82) is 0 Å². The number of hydrogen-bond donors (Lipinski definition) is 3. The number of hydrogen-bond acceptors (Lipinski definition) is 6. The maximum absolute atomic E-state index is 13.1. The summed E-state index contributed by atoms with van der Waals surface area (Å²) in [5, 5.41) is 6.40. The van der Waals surface area contributed by atoms with Crippen LogP contribution in [0.3, 0.4) is 0 Å². The molecule has 0 aromatic heterocycles. The minimum absolute atomic E-state index is 0.0595. The molecule has 1 aliphatic heterocycles. The molecule has 2 aromatic carbocycles. The van der Waals surface area contributed by atoms with E-state index in [2.05, 4.69) is 20.3 Å². The summed E-state index contributed by atoms with van der Waals surface area (Å²) in [7, 11) is -2.35. The van der Waals surface area contributed by atoms with Crippen LogP contribution in [0, 0.1) is 6.92 Å². The van der Waals surface area contributed by atoms with E-state index >= 15 is 0 Å². The summed E-state index contributed by atoms with van der Waals surface area (Å²) in [5.74, 6) is -0.303. The van der Waals surface area contributed by atoms with Gasteiger partial charge in [-0.15, -0.1) is 0 Å². The summed E-state index contributed by atoms with van der Waals surface area (Å²) >= 11 is 6.13. The van der Waals surface area contributed by atoms with Crippen LogP contribution in [0.25, 0.3) is 0 Å². The maximum Gasteiger partial charge on any atom is 0.262 e. The molecule has 0 saturated carbocycles. The summed E-state index contributed by atoms with van der Waals surface area (Å²) in [6.45, 7) is 5.59. The molecule has 3 N–H and O–H groups in total. The highest BCUT2D eigenvalue weighted by molar-refractivity contribution is 7.92. The van der Waals surface area contributed by atoms with Gasteiger partial charge >= 0.3 is 0 Å². The number of piperazine rings is 1. The summed E-state index contributed by atoms with van der Waals surface area (Å²) < 4.78 is 33.8. The first-order valence-corrected chi connectivity index (χ1v) is 11.8. The number of nitrogens with one attached hydrogen (secondary N) is 3. The second-order valence-corrected chi connectivity index (χ2v) is 9.32. The highest BCUT2D eigenvalue weighted by Gasteiger charge is 2.22. The Hall–Kier alpha value is -2.33. The van der Waals surface area contributed by atoms with E-state index in [1.165, 1.54) is 12.1 Å². The molecule has 1 amide bonds. The van der Waals surface area contributed by atoms with Crippen molar-refractivity contribution < 1.29 is 17.9 Å². The smallest absolute Gasteiger partial charge is 0.262 e. The molecule has 1 aliphatic rings. The summed E-state index contributed by atoms with van der Waals surface area (Å²) in [6.07, 6.45) is 0. The van der Waals surface area contributed by atoms with Crippen LogP contribution in [-0.2, 0) is 14.8 Å². The normalized spacial score (nSPS) is 14.4. The second kappa shape index (κ2) is 10.3. The van der Waals surface area contributed by atoms with E-state index in [0.29, 0.717) is 29.4 Å². The Kier molecular flexibility index (Phi) is 7.77. The summed E-state index contributed by atoms with van der Waals surface area (Å²) in [4.78, 5) is 14.6. The lowest BCUT2D eigenvalue weighted by Gasteiger charge is -2.31. The first-order valence-electron chi connectivity index (χ1n) is 9.97. The third-order valence-corrected chi connectivity index (χ3v) is 6.78. The molecule has 1 saturated heterocycles. The molecule has 8 nitrogen and oxygen atoms in total. The van der Waals surface area contributed by atoms with Gasteiger partial charge in [0.2, 0.25) is 0 Å². The zero-order chi connectivity index (χ0) is 22.4. The number of anilines is 2. The van der Waals surface area contributed by atoms with E-state index in [9.17, 15) is 13.2 Å². The van der Waals surface area contributed by atoms with E-state index in [1.54, 1.807) is 38.3 Å². The van der Waals surface area contributed by atoms with E-state index < -0.39 is 10.0 Å². The summed E-state index contributed by atoms with van der Waals surface area (Å²) in [5.41, 5.74) is 2.21. The molecule has 1 fully saturated rings. The fourth-order valence-electron chi connectivity index (χ4n) is 3.25. The predicted octanol–water partition coefficient (Wildman–Crippen LogP) is 2.24. The number of benzene rings is 2. The predicted molar refractivity (Wildman–Crippen MR) is 123 cm³/mol. The van der Waals surface area contributed by atoms with Crippen molar-refractivity contribution in [2.45, 2.75) is 11.8 Å². The standard InChI is InChI=1S/C21H27ClN4O4S/c1-15-3-5-17(14-18(15)22)31(28,29)25-19-13-16(21(27)24-9-12-30-2)4-6-20(19)26-10-7-23-8-11-26/h3-6,13-14,23,25H,7-12H2,1-2H3,(H,24,27). The first-order chi connectivity index (χ1) is 14.8.